The lowest BCUT2D eigenvalue weighted by atomic mass is 9.89. The highest BCUT2D eigenvalue weighted by Gasteiger charge is 2.32. The normalized spacial score (nSPS) is 14.0. The van der Waals surface area contributed by atoms with Gasteiger partial charge >= 0.3 is 0 Å². The van der Waals surface area contributed by atoms with Crippen molar-refractivity contribution in [1.82, 2.24) is 0 Å². The average Bonchev–Trinajstić information content (AvgIpc) is 2.42. The van der Waals surface area contributed by atoms with E-state index in [4.69, 9.17) is 4.74 Å². The molecule has 20 heavy (non-hydrogen) atoms. The van der Waals surface area contributed by atoms with Crippen molar-refractivity contribution in [2.75, 3.05) is 7.11 Å². The monoisotopic (exact) mass is 276 g/mol. The first-order valence-corrected chi connectivity index (χ1v) is 6.43. The van der Waals surface area contributed by atoms with E-state index < -0.39 is 11.6 Å². The number of methoxy groups -OCH3 is 1. The van der Waals surface area contributed by atoms with E-state index in [1.54, 1.807) is 6.07 Å². The minimum absolute atomic E-state index is 0.180. The molecule has 0 saturated heterocycles. The maximum atomic E-state index is 11.9. The largest absolute Gasteiger partial charge is 0.507 e. The number of aromatic hydroxyl groups is 1. The van der Waals surface area contributed by atoms with Crippen molar-refractivity contribution in [2.24, 2.45) is 0 Å². The van der Waals surface area contributed by atoms with Crippen LogP contribution in [0.2, 0.25) is 0 Å². The zero-order valence-corrected chi connectivity index (χ0v) is 11.4. The number of rotatable bonds is 4. The summed E-state index contributed by atoms with van der Waals surface area (Å²) >= 11 is 0. The fraction of sp³-hybridized carbons (Fsp3) is 0.333. The lowest BCUT2D eigenvalue weighted by Gasteiger charge is -2.18. The maximum absolute atomic E-state index is 11.9. The highest BCUT2D eigenvalue weighted by atomic mass is 16.5. The first-order valence-electron chi connectivity index (χ1n) is 6.43. The van der Waals surface area contributed by atoms with Gasteiger partial charge in [-0.25, -0.2) is 0 Å². The number of carbonyl (C=O) groups is 2. The molecule has 0 saturated carbocycles. The van der Waals surface area contributed by atoms with Gasteiger partial charge in [-0.3, -0.25) is 9.59 Å². The van der Waals surface area contributed by atoms with Crippen LogP contribution in [0.1, 0.15) is 41.3 Å². The number of aliphatic hydroxyl groups is 1. The fourth-order valence-electron chi connectivity index (χ4n) is 2.31. The summed E-state index contributed by atoms with van der Waals surface area (Å²) in [6, 6.07) is 1.60. The number of aliphatic hydroxyl groups excluding tert-OH is 1. The number of hydrogen-bond donors (Lipinski definition) is 2. The molecule has 0 spiro atoms. The zero-order chi connectivity index (χ0) is 14.9. The number of ketones is 2. The number of phenols is 1. The number of unbranched alkanes of at least 4 members (excludes halogenated alkanes) is 1. The van der Waals surface area contributed by atoms with Crippen LogP contribution in [-0.4, -0.2) is 28.9 Å². The first-order chi connectivity index (χ1) is 9.51. The molecule has 1 aromatic rings. The Morgan fingerprint density at radius 2 is 1.95 bits per heavy atom. The van der Waals surface area contributed by atoms with E-state index in [0.29, 0.717) is 12.0 Å². The van der Waals surface area contributed by atoms with Crippen molar-refractivity contribution in [3.05, 3.63) is 28.8 Å². The van der Waals surface area contributed by atoms with Crippen molar-refractivity contribution in [3.8, 4) is 11.5 Å². The number of aryl methyl sites for hydroxylation is 1. The number of phenolic OH excluding ortho intramolecular Hbond substituents is 1. The van der Waals surface area contributed by atoms with Gasteiger partial charge in [-0.15, -0.1) is 0 Å². The molecule has 0 atom stereocenters. The third-order valence-electron chi connectivity index (χ3n) is 3.33. The summed E-state index contributed by atoms with van der Waals surface area (Å²) in [6.45, 7) is 2.03. The Hall–Kier alpha value is -2.30. The van der Waals surface area contributed by atoms with E-state index in [1.165, 1.54) is 7.11 Å². The summed E-state index contributed by atoms with van der Waals surface area (Å²) in [6.07, 6.45) is 3.36. The van der Waals surface area contributed by atoms with Crippen LogP contribution in [0.25, 0.3) is 5.76 Å². The quantitative estimate of drug-likeness (QED) is 0.825. The molecule has 0 bridgehead atoms. The fourth-order valence-corrected chi connectivity index (χ4v) is 2.31. The highest BCUT2D eigenvalue weighted by Crippen LogP contribution is 2.40. The standard InChI is InChI=1S/C15H16O5/c1-3-4-5-8-6-9-10(16)7-11(17)13(18)12(9)14(19)15(8)20-2/h6-7,16,19H,3-5H2,1-2H3. The minimum atomic E-state index is -0.853. The molecule has 0 aromatic heterocycles. The molecule has 1 aromatic carbocycles. The van der Waals surface area contributed by atoms with Gasteiger partial charge < -0.3 is 14.9 Å². The van der Waals surface area contributed by atoms with Gasteiger partial charge in [-0.2, -0.15) is 0 Å². The van der Waals surface area contributed by atoms with Gasteiger partial charge in [-0.1, -0.05) is 13.3 Å². The van der Waals surface area contributed by atoms with Gasteiger partial charge in [0.25, 0.3) is 0 Å². The van der Waals surface area contributed by atoms with Crippen LogP contribution >= 0.6 is 0 Å². The second-order valence-electron chi connectivity index (χ2n) is 4.67. The van der Waals surface area contributed by atoms with Gasteiger partial charge in [0.05, 0.1) is 12.7 Å². The van der Waals surface area contributed by atoms with Crippen LogP contribution in [0.4, 0.5) is 0 Å². The number of hydrogen-bond acceptors (Lipinski definition) is 5. The van der Waals surface area contributed by atoms with Gasteiger partial charge in [-0.05, 0) is 24.5 Å². The second-order valence-corrected chi connectivity index (χ2v) is 4.67. The summed E-state index contributed by atoms with van der Waals surface area (Å²) in [4.78, 5) is 23.3. The lowest BCUT2D eigenvalue weighted by Crippen LogP contribution is -2.19. The van der Waals surface area contributed by atoms with Crippen molar-refractivity contribution >= 4 is 17.3 Å². The molecule has 0 aliphatic heterocycles. The van der Waals surface area contributed by atoms with Crippen molar-refractivity contribution < 1.29 is 24.5 Å². The SMILES string of the molecule is CCCCc1cc2c(c(O)c1OC)C(=O)C(=O)C=C2O. The Morgan fingerprint density at radius 1 is 1.25 bits per heavy atom. The maximum Gasteiger partial charge on any atom is 0.237 e. The number of fused-ring (bicyclic) bond motifs is 1. The Morgan fingerprint density at radius 3 is 2.55 bits per heavy atom. The van der Waals surface area contributed by atoms with Gasteiger partial charge in [0.15, 0.2) is 11.5 Å². The third kappa shape index (κ3) is 2.15. The minimum Gasteiger partial charge on any atom is -0.507 e. The Bertz CT molecular complexity index is 613. The molecule has 2 rings (SSSR count). The summed E-state index contributed by atoms with van der Waals surface area (Å²) in [5.74, 6) is -2.19. The van der Waals surface area contributed by atoms with E-state index in [9.17, 15) is 19.8 Å². The molecule has 2 N–H and O–H groups in total. The van der Waals surface area contributed by atoms with E-state index in [1.807, 2.05) is 6.92 Å². The molecular weight excluding hydrogens is 260 g/mol. The molecular formula is C15H16O5. The van der Waals surface area contributed by atoms with Crippen LogP contribution in [0.5, 0.6) is 11.5 Å². The van der Waals surface area contributed by atoms with Crippen molar-refractivity contribution in [2.45, 2.75) is 26.2 Å². The molecule has 0 radical (unpaired) electrons. The van der Waals surface area contributed by atoms with Gasteiger partial charge in [0.1, 0.15) is 5.76 Å². The van der Waals surface area contributed by atoms with Crippen LogP contribution in [0.15, 0.2) is 12.1 Å². The third-order valence-corrected chi connectivity index (χ3v) is 3.33. The van der Waals surface area contributed by atoms with Gasteiger partial charge in [0, 0.05) is 11.6 Å². The summed E-state index contributed by atoms with van der Waals surface area (Å²) in [5, 5.41) is 20.0. The predicted molar refractivity (Wildman–Crippen MR) is 73.2 cm³/mol. The molecule has 0 amide bonds. The average molecular weight is 276 g/mol. The molecule has 5 heteroatoms. The number of benzene rings is 1. The van der Waals surface area contributed by atoms with Gasteiger partial charge in [0.2, 0.25) is 11.6 Å². The lowest BCUT2D eigenvalue weighted by molar-refractivity contribution is -0.111. The Labute approximate surface area is 116 Å². The topological polar surface area (TPSA) is 83.8 Å². The van der Waals surface area contributed by atoms with Crippen LogP contribution < -0.4 is 4.74 Å². The highest BCUT2D eigenvalue weighted by molar-refractivity contribution is 6.51. The smallest absolute Gasteiger partial charge is 0.237 e. The number of Topliss-reactive ketones (excluding diaryl/α,β-unsaturated/α-hetero) is 1. The van der Waals surface area contributed by atoms with Crippen molar-refractivity contribution in [3.63, 3.8) is 0 Å². The summed E-state index contributed by atoms with van der Waals surface area (Å²) < 4.78 is 5.14. The molecule has 0 fully saturated rings. The molecule has 0 heterocycles. The van der Waals surface area contributed by atoms with Crippen LogP contribution in [0, 0.1) is 0 Å². The van der Waals surface area contributed by atoms with E-state index >= 15 is 0 Å². The molecule has 1 aliphatic carbocycles. The Kier molecular flexibility index (Phi) is 3.79. The van der Waals surface area contributed by atoms with E-state index in [0.717, 1.165) is 18.9 Å². The van der Waals surface area contributed by atoms with Crippen LogP contribution in [0.3, 0.4) is 0 Å². The van der Waals surface area contributed by atoms with E-state index in [2.05, 4.69) is 0 Å². The number of carbonyl (C=O) groups excluding carboxylic acids is 2. The number of allylic oxidation sites excluding steroid dienone is 1. The molecule has 0 unspecified atom stereocenters. The predicted octanol–water partition coefficient (Wildman–Crippen LogP) is 2.41. The van der Waals surface area contributed by atoms with Crippen LogP contribution in [-0.2, 0) is 11.2 Å². The van der Waals surface area contributed by atoms with Crippen molar-refractivity contribution in [1.29, 1.82) is 0 Å². The molecule has 1 aliphatic rings. The summed E-state index contributed by atoms with van der Waals surface area (Å²) in [7, 11) is 1.39. The number of ether oxygens (including phenoxy) is 1. The van der Waals surface area contributed by atoms with E-state index in [-0.39, 0.29) is 28.4 Å². The zero-order valence-electron chi connectivity index (χ0n) is 11.4. The molecule has 106 valence electrons. The Balaban J connectivity index is 2.66. The molecule has 5 nitrogen and oxygen atoms in total. The first kappa shape index (κ1) is 14.1. The summed E-state index contributed by atoms with van der Waals surface area (Å²) in [5.41, 5.74) is 0.693. The second kappa shape index (κ2) is 5.36.